The summed E-state index contributed by atoms with van der Waals surface area (Å²) >= 11 is 1.89. The highest BCUT2D eigenvalue weighted by molar-refractivity contribution is 7.11. The molecule has 1 aromatic rings. The molecular weight excluding hydrogens is 369 g/mol. The Morgan fingerprint density at radius 1 is 1.35 bits per heavy atom. The van der Waals surface area contributed by atoms with Crippen LogP contribution < -0.4 is 5.32 Å². The van der Waals surface area contributed by atoms with Crippen molar-refractivity contribution in [2.75, 3.05) is 13.1 Å². The van der Waals surface area contributed by atoms with E-state index in [1.54, 1.807) is 0 Å². The average Bonchev–Trinajstić information content (AvgIpc) is 2.92. The number of alkyl halides is 3. The number of nitrogens with one attached hydrogen (secondary N) is 1. The van der Waals surface area contributed by atoms with Gasteiger partial charge in [0.15, 0.2) is 0 Å². The first-order valence-corrected chi connectivity index (χ1v) is 9.30. The molecule has 1 spiro atoms. The first-order valence-electron chi connectivity index (χ1n) is 8.48. The second-order valence-corrected chi connectivity index (χ2v) is 8.18. The van der Waals surface area contributed by atoms with Crippen LogP contribution in [0.5, 0.6) is 0 Å². The van der Waals surface area contributed by atoms with Crippen LogP contribution >= 0.6 is 11.3 Å². The maximum Gasteiger partial charge on any atom is 0.490 e. The molecule has 1 amide bonds. The van der Waals surface area contributed by atoms with Crippen molar-refractivity contribution in [3.63, 3.8) is 0 Å². The number of piperidine rings is 2. The predicted octanol–water partition coefficient (Wildman–Crippen LogP) is 3.32. The Morgan fingerprint density at radius 2 is 2.00 bits per heavy atom. The molecule has 3 rings (SSSR count). The minimum absolute atomic E-state index is 0.0693. The topological polar surface area (TPSA) is 69.6 Å². The van der Waals surface area contributed by atoms with Crippen molar-refractivity contribution in [3.8, 4) is 0 Å². The van der Waals surface area contributed by atoms with Crippen molar-refractivity contribution in [2.24, 2.45) is 0 Å². The maximum absolute atomic E-state index is 11.7. The Balaban J connectivity index is 0.000000298. The predicted molar refractivity (Wildman–Crippen MR) is 92.0 cm³/mol. The number of carboxylic acids is 1. The number of aliphatic carboxylic acids is 1. The zero-order valence-electron chi connectivity index (χ0n) is 14.6. The van der Waals surface area contributed by atoms with E-state index in [0.29, 0.717) is 6.42 Å². The largest absolute Gasteiger partial charge is 0.490 e. The van der Waals surface area contributed by atoms with E-state index in [1.807, 2.05) is 11.3 Å². The van der Waals surface area contributed by atoms with Crippen LogP contribution in [0.3, 0.4) is 0 Å². The molecule has 9 heteroatoms. The number of nitrogens with zero attached hydrogens (tertiary/aromatic N) is 1. The second-order valence-electron chi connectivity index (χ2n) is 6.81. The normalized spacial score (nSPS) is 23.9. The highest BCUT2D eigenvalue weighted by Gasteiger charge is 2.39. The van der Waals surface area contributed by atoms with Gasteiger partial charge in [-0.05, 0) is 51.3 Å². The van der Waals surface area contributed by atoms with Crippen LogP contribution in [0.15, 0.2) is 12.1 Å². The number of carboxylic acid groups (broad SMARTS) is 1. The number of aryl methyl sites for hydroxylation is 1. The third-order valence-electron chi connectivity index (χ3n) is 4.54. The number of hydrogen-bond donors (Lipinski definition) is 2. The molecule has 3 heterocycles. The molecular formula is C17H23F3N2O3S. The number of carbonyl (C=O) groups excluding carboxylic acids is 1. The molecule has 1 aromatic heterocycles. The van der Waals surface area contributed by atoms with Crippen LogP contribution in [0.2, 0.25) is 0 Å². The number of rotatable bonds is 2. The van der Waals surface area contributed by atoms with Crippen molar-refractivity contribution in [3.05, 3.63) is 21.9 Å². The molecule has 0 radical (unpaired) electrons. The molecule has 2 N–H and O–H groups in total. The van der Waals surface area contributed by atoms with Gasteiger partial charge in [0.1, 0.15) is 0 Å². The Bertz CT molecular complexity index is 643. The lowest BCUT2D eigenvalue weighted by Crippen LogP contribution is -2.60. The van der Waals surface area contributed by atoms with Crippen LogP contribution in [0, 0.1) is 6.92 Å². The van der Waals surface area contributed by atoms with Gasteiger partial charge in [-0.1, -0.05) is 0 Å². The first-order chi connectivity index (χ1) is 12.1. The summed E-state index contributed by atoms with van der Waals surface area (Å²) in [6, 6.07) is 4.43. The molecule has 5 nitrogen and oxygen atoms in total. The summed E-state index contributed by atoms with van der Waals surface area (Å²) in [4.78, 5) is 25.9. The van der Waals surface area contributed by atoms with E-state index in [0.717, 1.165) is 38.9 Å². The lowest BCUT2D eigenvalue weighted by molar-refractivity contribution is -0.192. The van der Waals surface area contributed by atoms with Gasteiger partial charge < -0.3 is 10.4 Å². The van der Waals surface area contributed by atoms with Gasteiger partial charge in [-0.2, -0.15) is 13.2 Å². The quantitative estimate of drug-likeness (QED) is 0.810. The Hall–Kier alpha value is -1.61. The third-order valence-corrected chi connectivity index (χ3v) is 5.52. The number of thiophene rings is 1. The molecule has 1 unspecified atom stereocenters. The van der Waals surface area contributed by atoms with Gasteiger partial charge in [0, 0.05) is 29.3 Å². The summed E-state index contributed by atoms with van der Waals surface area (Å²) in [5.41, 5.74) is 0.0693. The summed E-state index contributed by atoms with van der Waals surface area (Å²) in [5, 5.41) is 10.4. The van der Waals surface area contributed by atoms with Gasteiger partial charge in [-0.3, -0.25) is 9.69 Å². The summed E-state index contributed by atoms with van der Waals surface area (Å²) in [5.74, 6) is -2.51. The fourth-order valence-electron chi connectivity index (χ4n) is 3.47. The van der Waals surface area contributed by atoms with E-state index >= 15 is 0 Å². The maximum atomic E-state index is 11.7. The average molecular weight is 392 g/mol. The van der Waals surface area contributed by atoms with E-state index in [-0.39, 0.29) is 11.4 Å². The fraction of sp³-hybridized carbons (Fsp3) is 0.647. The number of carbonyl (C=O) groups is 2. The molecule has 0 aromatic carbocycles. The first kappa shape index (κ1) is 20.7. The lowest BCUT2D eigenvalue weighted by atomic mass is 9.81. The minimum Gasteiger partial charge on any atom is -0.475 e. The molecule has 0 bridgehead atoms. The van der Waals surface area contributed by atoms with Crippen molar-refractivity contribution in [1.29, 1.82) is 0 Å². The molecule has 26 heavy (non-hydrogen) atoms. The number of hydrogen-bond acceptors (Lipinski definition) is 4. The standard InChI is InChI=1S/C15H22N2OS.C2HF3O2/c1-12-5-6-13(19-12)10-17-9-3-8-15(11-17)7-2-4-14(18)16-15;3-2(4,5)1(6)7/h5-6H,2-4,7-11H2,1H3,(H,16,18);(H,6,7). The van der Waals surface area contributed by atoms with Gasteiger partial charge >= 0.3 is 12.1 Å². The summed E-state index contributed by atoms with van der Waals surface area (Å²) < 4.78 is 31.7. The van der Waals surface area contributed by atoms with E-state index in [2.05, 4.69) is 29.3 Å². The molecule has 2 aliphatic heterocycles. The van der Waals surface area contributed by atoms with Gasteiger partial charge in [0.25, 0.3) is 0 Å². The summed E-state index contributed by atoms with van der Waals surface area (Å²) in [7, 11) is 0. The summed E-state index contributed by atoms with van der Waals surface area (Å²) in [6.45, 7) is 5.38. The van der Waals surface area contributed by atoms with Gasteiger partial charge in [0.05, 0.1) is 5.54 Å². The van der Waals surface area contributed by atoms with Gasteiger partial charge in [0.2, 0.25) is 5.91 Å². The molecule has 1 atom stereocenters. The van der Waals surface area contributed by atoms with Crippen molar-refractivity contribution in [1.82, 2.24) is 10.2 Å². The number of halogens is 3. The smallest absolute Gasteiger partial charge is 0.475 e. The van der Waals surface area contributed by atoms with E-state index in [9.17, 15) is 18.0 Å². The van der Waals surface area contributed by atoms with Crippen molar-refractivity contribution < 1.29 is 27.9 Å². The van der Waals surface area contributed by atoms with Gasteiger partial charge in [-0.25, -0.2) is 4.79 Å². The SMILES string of the molecule is Cc1ccc(CN2CCCC3(CCCC(=O)N3)C2)s1.O=C(O)C(F)(F)F. The molecule has 0 saturated carbocycles. The van der Waals surface area contributed by atoms with Crippen LogP contribution in [0.4, 0.5) is 13.2 Å². The Morgan fingerprint density at radius 3 is 2.54 bits per heavy atom. The second kappa shape index (κ2) is 8.39. The third kappa shape index (κ3) is 5.98. The number of amides is 1. The summed E-state index contributed by atoms with van der Waals surface area (Å²) in [6.07, 6.45) is 0.186. The van der Waals surface area contributed by atoms with Crippen molar-refractivity contribution >= 4 is 23.2 Å². The van der Waals surface area contributed by atoms with E-state index < -0.39 is 12.1 Å². The molecule has 146 valence electrons. The Labute approximate surface area is 154 Å². The van der Waals surface area contributed by atoms with E-state index in [4.69, 9.17) is 9.90 Å². The minimum atomic E-state index is -5.08. The fourth-order valence-corrected chi connectivity index (χ4v) is 4.40. The van der Waals surface area contributed by atoms with Crippen LogP contribution in [-0.4, -0.2) is 46.7 Å². The molecule has 2 fully saturated rings. The van der Waals surface area contributed by atoms with E-state index in [1.165, 1.54) is 16.2 Å². The monoisotopic (exact) mass is 392 g/mol. The zero-order valence-corrected chi connectivity index (χ0v) is 15.4. The lowest BCUT2D eigenvalue weighted by Gasteiger charge is -2.45. The Kier molecular flexibility index (Phi) is 6.68. The van der Waals surface area contributed by atoms with Crippen LogP contribution in [-0.2, 0) is 16.1 Å². The van der Waals surface area contributed by atoms with Gasteiger partial charge in [-0.15, -0.1) is 11.3 Å². The molecule has 0 aliphatic carbocycles. The highest BCUT2D eigenvalue weighted by atomic mass is 32.1. The number of likely N-dealkylation sites (tertiary alicyclic amines) is 1. The van der Waals surface area contributed by atoms with Crippen molar-refractivity contribution in [2.45, 2.75) is 57.3 Å². The molecule has 2 aliphatic rings. The highest BCUT2D eigenvalue weighted by Crippen LogP contribution is 2.31. The van der Waals surface area contributed by atoms with Crippen LogP contribution in [0.25, 0.3) is 0 Å². The molecule has 2 saturated heterocycles. The zero-order chi connectivity index (χ0) is 19.4. The van der Waals surface area contributed by atoms with Crippen LogP contribution in [0.1, 0.15) is 41.9 Å².